The van der Waals surface area contributed by atoms with Crippen molar-refractivity contribution in [2.45, 2.75) is 25.8 Å². The van der Waals surface area contributed by atoms with Crippen LogP contribution in [0.15, 0.2) is 42.7 Å². The fourth-order valence-corrected chi connectivity index (χ4v) is 2.61. The van der Waals surface area contributed by atoms with Gasteiger partial charge in [-0.2, -0.15) is 0 Å². The van der Waals surface area contributed by atoms with E-state index in [9.17, 15) is 4.79 Å². The largest absolute Gasteiger partial charge is 0.399 e. The van der Waals surface area contributed by atoms with E-state index in [-0.39, 0.29) is 5.91 Å². The van der Waals surface area contributed by atoms with Crippen molar-refractivity contribution < 1.29 is 4.79 Å². The first-order valence-corrected chi connectivity index (χ1v) is 6.82. The van der Waals surface area contributed by atoms with Crippen LogP contribution >= 0.6 is 0 Å². The molecule has 20 heavy (non-hydrogen) atoms. The van der Waals surface area contributed by atoms with Crippen LogP contribution in [0.4, 0.5) is 11.4 Å². The quantitative estimate of drug-likeness (QED) is 0.851. The molecule has 1 amide bonds. The Hall–Kier alpha value is -2.36. The number of aryl methyl sites for hydroxylation is 1. The molecule has 3 rings (SSSR count). The summed E-state index contributed by atoms with van der Waals surface area (Å²) in [5.41, 5.74) is 9.83. The molecule has 2 N–H and O–H groups in total. The van der Waals surface area contributed by atoms with Crippen LogP contribution in [-0.2, 0) is 17.8 Å². The molecule has 0 radical (unpaired) electrons. The Morgan fingerprint density at radius 3 is 2.75 bits per heavy atom. The number of nitrogen functional groups attached to an aromatic ring is 1. The highest BCUT2D eigenvalue weighted by molar-refractivity contribution is 5.95. The van der Waals surface area contributed by atoms with Gasteiger partial charge in [0, 0.05) is 30.2 Å². The summed E-state index contributed by atoms with van der Waals surface area (Å²) in [4.78, 5) is 18.2. The molecule has 0 bridgehead atoms. The Bertz CT molecular complexity index is 625. The van der Waals surface area contributed by atoms with Crippen LogP contribution in [0.2, 0.25) is 0 Å². The number of hydrogen-bond donors (Lipinski definition) is 1. The van der Waals surface area contributed by atoms with E-state index in [4.69, 9.17) is 5.73 Å². The van der Waals surface area contributed by atoms with Crippen molar-refractivity contribution in [2.24, 2.45) is 0 Å². The first-order chi connectivity index (χ1) is 9.74. The number of amides is 1. The maximum absolute atomic E-state index is 12.3. The van der Waals surface area contributed by atoms with Gasteiger partial charge in [0.15, 0.2) is 0 Å². The zero-order chi connectivity index (χ0) is 13.9. The van der Waals surface area contributed by atoms with E-state index >= 15 is 0 Å². The Morgan fingerprint density at radius 2 is 1.95 bits per heavy atom. The lowest BCUT2D eigenvalue weighted by molar-refractivity contribution is -0.118. The topological polar surface area (TPSA) is 59.2 Å². The molecule has 0 fully saturated rings. The summed E-state index contributed by atoms with van der Waals surface area (Å²) in [6.07, 6.45) is 5.86. The van der Waals surface area contributed by atoms with Crippen LogP contribution in [0, 0.1) is 0 Å². The predicted molar refractivity (Wildman–Crippen MR) is 79.2 cm³/mol. The summed E-state index contributed by atoms with van der Waals surface area (Å²) >= 11 is 0. The van der Waals surface area contributed by atoms with Crippen LogP contribution in [0.1, 0.15) is 24.0 Å². The third kappa shape index (κ3) is 2.50. The number of aromatic nitrogens is 1. The fraction of sp³-hybridized carbons (Fsp3) is 0.250. The summed E-state index contributed by atoms with van der Waals surface area (Å²) in [5, 5.41) is 0. The molecule has 0 atom stereocenters. The molecule has 2 aromatic rings. The number of rotatable bonds is 2. The van der Waals surface area contributed by atoms with Crippen LogP contribution in [-0.4, -0.2) is 10.9 Å². The molecule has 2 heterocycles. The highest BCUT2D eigenvalue weighted by Crippen LogP contribution is 2.29. The number of carbonyl (C=O) groups excluding carboxylic acids is 1. The van der Waals surface area contributed by atoms with Gasteiger partial charge in [0.2, 0.25) is 5.91 Å². The molecule has 0 saturated carbocycles. The zero-order valence-corrected chi connectivity index (χ0v) is 11.2. The van der Waals surface area contributed by atoms with Gasteiger partial charge < -0.3 is 10.6 Å². The van der Waals surface area contributed by atoms with Crippen molar-refractivity contribution in [3.05, 3.63) is 53.9 Å². The zero-order valence-electron chi connectivity index (χ0n) is 11.2. The molecule has 4 nitrogen and oxygen atoms in total. The first kappa shape index (κ1) is 12.7. The lowest BCUT2D eigenvalue weighted by Gasteiger charge is -2.23. The first-order valence-electron chi connectivity index (χ1n) is 6.82. The number of hydrogen-bond acceptors (Lipinski definition) is 3. The second-order valence-corrected chi connectivity index (χ2v) is 5.08. The van der Waals surface area contributed by atoms with E-state index in [2.05, 4.69) is 4.98 Å². The van der Waals surface area contributed by atoms with Crippen LogP contribution < -0.4 is 10.6 Å². The Kier molecular flexibility index (Phi) is 3.37. The molecule has 4 heteroatoms. The van der Waals surface area contributed by atoms with Gasteiger partial charge in [-0.05, 0) is 54.3 Å². The summed E-state index contributed by atoms with van der Waals surface area (Å²) in [6, 6.07) is 9.67. The van der Waals surface area contributed by atoms with Gasteiger partial charge >= 0.3 is 0 Å². The molecule has 0 spiro atoms. The molecule has 0 aliphatic carbocycles. The number of nitrogens with zero attached hydrogens (tertiary/aromatic N) is 2. The second kappa shape index (κ2) is 5.33. The number of nitrogens with two attached hydrogens (primary N) is 1. The van der Waals surface area contributed by atoms with E-state index in [0.29, 0.717) is 13.0 Å². The molecule has 1 aliphatic heterocycles. The van der Waals surface area contributed by atoms with Crippen molar-refractivity contribution in [3.8, 4) is 0 Å². The van der Waals surface area contributed by atoms with Crippen molar-refractivity contribution in [1.29, 1.82) is 0 Å². The Morgan fingerprint density at radius 1 is 1.15 bits per heavy atom. The van der Waals surface area contributed by atoms with Crippen molar-refractivity contribution in [2.75, 3.05) is 10.6 Å². The highest BCUT2D eigenvalue weighted by Gasteiger charge is 2.22. The minimum absolute atomic E-state index is 0.172. The van der Waals surface area contributed by atoms with Gasteiger partial charge in [0.05, 0.1) is 6.54 Å². The van der Waals surface area contributed by atoms with Gasteiger partial charge in [0.1, 0.15) is 0 Å². The number of carbonyl (C=O) groups is 1. The van der Waals surface area contributed by atoms with E-state index in [1.807, 2.05) is 35.2 Å². The maximum atomic E-state index is 12.3. The predicted octanol–water partition coefficient (Wildman–Crippen LogP) is 2.53. The van der Waals surface area contributed by atoms with Crippen LogP contribution in [0.5, 0.6) is 0 Å². The molecular formula is C16H17N3O. The number of benzene rings is 1. The van der Waals surface area contributed by atoms with Crippen molar-refractivity contribution >= 4 is 17.3 Å². The lowest BCUT2D eigenvalue weighted by Crippen LogP contribution is -2.29. The third-order valence-corrected chi connectivity index (χ3v) is 3.62. The summed E-state index contributed by atoms with van der Waals surface area (Å²) in [7, 11) is 0. The van der Waals surface area contributed by atoms with Gasteiger partial charge in [-0.25, -0.2) is 0 Å². The minimum Gasteiger partial charge on any atom is -0.399 e. The van der Waals surface area contributed by atoms with E-state index in [0.717, 1.165) is 35.3 Å². The smallest absolute Gasteiger partial charge is 0.227 e. The van der Waals surface area contributed by atoms with Crippen LogP contribution in [0.3, 0.4) is 0 Å². The van der Waals surface area contributed by atoms with Gasteiger partial charge in [-0.1, -0.05) is 0 Å². The minimum atomic E-state index is 0.172. The number of fused-ring (bicyclic) bond motifs is 1. The van der Waals surface area contributed by atoms with Crippen molar-refractivity contribution in [3.63, 3.8) is 0 Å². The molecule has 0 saturated heterocycles. The van der Waals surface area contributed by atoms with E-state index in [1.54, 1.807) is 12.4 Å². The highest BCUT2D eigenvalue weighted by atomic mass is 16.2. The van der Waals surface area contributed by atoms with E-state index < -0.39 is 0 Å². The normalized spacial score (nSPS) is 14.8. The average molecular weight is 267 g/mol. The molecule has 0 unspecified atom stereocenters. The number of pyridine rings is 1. The average Bonchev–Trinajstić information content (AvgIpc) is 2.60. The summed E-state index contributed by atoms with van der Waals surface area (Å²) in [6.45, 7) is 0.582. The summed E-state index contributed by atoms with van der Waals surface area (Å²) in [5.74, 6) is 0.172. The van der Waals surface area contributed by atoms with Gasteiger partial charge in [-0.15, -0.1) is 0 Å². The fourth-order valence-electron chi connectivity index (χ4n) is 2.61. The lowest BCUT2D eigenvalue weighted by atomic mass is 10.1. The van der Waals surface area contributed by atoms with Crippen molar-refractivity contribution in [1.82, 2.24) is 4.98 Å². The van der Waals surface area contributed by atoms with Gasteiger partial charge in [0.25, 0.3) is 0 Å². The summed E-state index contributed by atoms with van der Waals surface area (Å²) < 4.78 is 0. The standard InChI is InChI=1S/C16H17N3O/c17-14-4-5-15-13(10-14)2-1-3-16(20)19(15)11-12-6-8-18-9-7-12/h4-10H,1-3,11,17H2. The van der Waals surface area contributed by atoms with Gasteiger partial charge in [-0.3, -0.25) is 9.78 Å². The molecule has 1 aromatic heterocycles. The second-order valence-electron chi connectivity index (χ2n) is 5.08. The third-order valence-electron chi connectivity index (χ3n) is 3.62. The van der Waals surface area contributed by atoms with E-state index in [1.165, 1.54) is 0 Å². The Balaban J connectivity index is 1.98. The number of anilines is 2. The monoisotopic (exact) mass is 267 g/mol. The Labute approximate surface area is 118 Å². The molecule has 1 aromatic carbocycles. The molecule has 1 aliphatic rings. The van der Waals surface area contributed by atoms with Crippen LogP contribution in [0.25, 0.3) is 0 Å². The molecular weight excluding hydrogens is 250 g/mol. The SMILES string of the molecule is Nc1ccc2c(c1)CCCC(=O)N2Cc1ccncc1. The maximum Gasteiger partial charge on any atom is 0.227 e. The molecule has 102 valence electrons.